The molecule has 2 atom stereocenters. The number of halogens is 4. The third kappa shape index (κ3) is 3.47. The lowest BCUT2D eigenvalue weighted by molar-refractivity contribution is -0.130. The number of hydrogen-bond donors (Lipinski definition) is 1. The quantitative estimate of drug-likeness (QED) is 0.771. The van der Waals surface area contributed by atoms with Gasteiger partial charge >= 0.3 is 0 Å². The zero-order valence-corrected chi connectivity index (χ0v) is 16.2. The Hall–Kier alpha value is -2.90. The number of nitrogens with zero attached hydrogens (tertiary/aromatic N) is 2. The first kappa shape index (κ1) is 20.8. The molecule has 4 nitrogen and oxygen atoms in total. The van der Waals surface area contributed by atoms with Crippen LogP contribution < -0.4 is 5.73 Å². The van der Waals surface area contributed by atoms with Gasteiger partial charge in [-0.25, -0.2) is 22.6 Å². The molecule has 1 heterocycles. The van der Waals surface area contributed by atoms with E-state index in [1.165, 1.54) is 51.2 Å². The van der Waals surface area contributed by atoms with Crippen molar-refractivity contribution >= 4 is 11.9 Å². The van der Waals surface area contributed by atoms with Crippen LogP contribution in [0.3, 0.4) is 0 Å². The van der Waals surface area contributed by atoms with Crippen LogP contribution in [-0.2, 0) is 16.3 Å². The average molecular weight is 407 g/mol. The van der Waals surface area contributed by atoms with Crippen LogP contribution in [0.15, 0.2) is 47.5 Å². The van der Waals surface area contributed by atoms with E-state index in [1.54, 1.807) is 0 Å². The molecule has 0 aromatic heterocycles. The number of guanidine groups is 1. The summed E-state index contributed by atoms with van der Waals surface area (Å²) in [6.45, 7) is 2.89. The number of alkyl halides is 2. The first-order valence-corrected chi connectivity index (χ1v) is 9.08. The van der Waals surface area contributed by atoms with Crippen LogP contribution in [0.25, 0.3) is 0 Å². The monoisotopic (exact) mass is 407 g/mol. The van der Waals surface area contributed by atoms with Crippen molar-refractivity contribution in [3.63, 3.8) is 0 Å². The van der Waals surface area contributed by atoms with Crippen LogP contribution in [0.4, 0.5) is 17.6 Å². The predicted octanol–water partition coefficient (Wildman–Crippen LogP) is 4.25. The molecule has 2 unspecified atom stereocenters. The van der Waals surface area contributed by atoms with Gasteiger partial charge in [-0.3, -0.25) is 9.69 Å². The van der Waals surface area contributed by atoms with E-state index >= 15 is 0 Å². The molecule has 0 fully saturated rings. The van der Waals surface area contributed by atoms with Crippen molar-refractivity contribution in [2.45, 2.75) is 37.6 Å². The highest BCUT2D eigenvalue weighted by Crippen LogP contribution is 2.45. The topological polar surface area (TPSA) is 58.7 Å². The molecule has 0 aliphatic carbocycles. The summed E-state index contributed by atoms with van der Waals surface area (Å²) < 4.78 is 55.9. The van der Waals surface area contributed by atoms with Gasteiger partial charge in [0.05, 0.1) is 5.92 Å². The second kappa shape index (κ2) is 7.17. The Kier molecular flexibility index (Phi) is 5.15. The fourth-order valence-corrected chi connectivity index (χ4v) is 3.63. The number of likely N-dealkylation sites (N-methyl/N-ethyl adjacent to an activating group) is 1. The van der Waals surface area contributed by atoms with Gasteiger partial charge in [0, 0.05) is 30.7 Å². The summed E-state index contributed by atoms with van der Waals surface area (Å²) in [5, 5.41) is 0. The van der Waals surface area contributed by atoms with Crippen LogP contribution in [0.1, 0.15) is 42.9 Å². The number of rotatable bonds is 4. The Labute approximate surface area is 166 Å². The van der Waals surface area contributed by atoms with Gasteiger partial charge in [0.25, 0.3) is 5.92 Å². The van der Waals surface area contributed by atoms with E-state index < -0.39 is 34.9 Å². The molecule has 154 valence electrons. The molecule has 0 radical (unpaired) electrons. The Morgan fingerprint density at radius 1 is 1.17 bits per heavy atom. The van der Waals surface area contributed by atoms with Crippen molar-refractivity contribution in [1.82, 2.24) is 4.90 Å². The molecular formula is C21H21F4N3O. The Balaban J connectivity index is 2.17. The Morgan fingerprint density at radius 2 is 1.79 bits per heavy atom. The van der Waals surface area contributed by atoms with Crippen molar-refractivity contribution < 1.29 is 22.4 Å². The summed E-state index contributed by atoms with van der Waals surface area (Å²) in [5.74, 6) is -6.27. The first-order valence-electron chi connectivity index (χ1n) is 9.08. The molecule has 29 heavy (non-hydrogen) atoms. The highest BCUT2D eigenvalue weighted by molar-refractivity contribution is 6.02. The minimum absolute atomic E-state index is 0.0173. The molecule has 1 aliphatic heterocycles. The lowest BCUT2D eigenvalue weighted by atomic mass is 9.74. The molecule has 2 aromatic carbocycles. The van der Waals surface area contributed by atoms with E-state index in [9.17, 15) is 22.4 Å². The van der Waals surface area contributed by atoms with Gasteiger partial charge in [-0.15, -0.1) is 0 Å². The zero-order valence-electron chi connectivity index (χ0n) is 16.2. The lowest BCUT2D eigenvalue weighted by Gasteiger charge is -2.41. The van der Waals surface area contributed by atoms with Crippen LogP contribution in [0.2, 0.25) is 0 Å². The standard InChI is InChI=1S/C21H21F4N3O/c1-4-21(24,25)13-7-5-12(6-8-13)17-18(29)28(3)19(26)27-20(17,2)15-10-9-14(22)11-16(15)23/h5-11,17H,4H2,1-3H3,(H2,26,27). The minimum Gasteiger partial charge on any atom is -0.369 e. The van der Waals surface area contributed by atoms with Crippen LogP contribution in [0.5, 0.6) is 0 Å². The van der Waals surface area contributed by atoms with E-state index in [2.05, 4.69) is 4.99 Å². The second-order valence-electron chi connectivity index (χ2n) is 7.25. The summed E-state index contributed by atoms with van der Waals surface area (Å²) in [6, 6.07) is 8.30. The summed E-state index contributed by atoms with van der Waals surface area (Å²) in [5.41, 5.74) is 4.55. The number of carbonyl (C=O) groups is 1. The van der Waals surface area contributed by atoms with E-state index in [1.807, 2.05) is 0 Å². The predicted molar refractivity (Wildman–Crippen MR) is 101 cm³/mol. The van der Waals surface area contributed by atoms with Gasteiger partial charge in [0.15, 0.2) is 5.96 Å². The van der Waals surface area contributed by atoms with Crippen LogP contribution in [0, 0.1) is 11.6 Å². The van der Waals surface area contributed by atoms with E-state index in [4.69, 9.17) is 5.73 Å². The smallest absolute Gasteiger partial charge is 0.273 e. The fourth-order valence-electron chi connectivity index (χ4n) is 3.63. The summed E-state index contributed by atoms with van der Waals surface area (Å²) >= 11 is 0. The average Bonchev–Trinajstić information content (AvgIpc) is 2.66. The maximum Gasteiger partial charge on any atom is 0.273 e. The first-order chi connectivity index (χ1) is 13.5. The number of benzene rings is 2. The molecule has 0 bridgehead atoms. The van der Waals surface area contributed by atoms with Crippen molar-refractivity contribution in [2.24, 2.45) is 10.7 Å². The second-order valence-corrected chi connectivity index (χ2v) is 7.25. The molecule has 1 amide bonds. The zero-order chi connectivity index (χ0) is 21.6. The molecule has 0 saturated carbocycles. The van der Waals surface area contributed by atoms with Gasteiger partial charge in [-0.2, -0.15) is 0 Å². The van der Waals surface area contributed by atoms with Crippen LogP contribution in [-0.4, -0.2) is 23.8 Å². The number of nitrogens with two attached hydrogens (primary N) is 1. The fraction of sp³-hybridized carbons (Fsp3) is 0.333. The van der Waals surface area contributed by atoms with Gasteiger partial charge in [-0.05, 0) is 18.6 Å². The normalized spacial score (nSPS) is 22.6. The van der Waals surface area contributed by atoms with E-state index in [0.29, 0.717) is 11.6 Å². The van der Waals surface area contributed by atoms with Gasteiger partial charge in [0.2, 0.25) is 5.91 Å². The number of hydrogen-bond acceptors (Lipinski definition) is 3. The molecule has 0 saturated heterocycles. The third-order valence-electron chi connectivity index (χ3n) is 5.42. The summed E-state index contributed by atoms with van der Waals surface area (Å²) in [4.78, 5) is 18.5. The maximum atomic E-state index is 14.6. The van der Waals surface area contributed by atoms with Crippen molar-refractivity contribution in [2.75, 3.05) is 7.05 Å². The molecule has 2 N–H and O–H groups in total. The Bertz CT molecular complexity index is 974. The number of carbonyl (C=O) groups excluding carboxylic acids is 1. The largest absolute Gasteiger partial charge is 0.369 e. The molecular weight excluding hydrogens is 386 g/mol. The van der Waals surface area contributed by atoms with Gasteiger partial charge in [-0.1, -0.05) is 37.3 Å². The minimum atomic E-state index is -3.00. The molecule has 1 aliphatic rings. The number of aliphatic imine (C=N–C) groups is 1. The molecule has 8 heteroatoms. The highest BCUT2D eigenvalue weighted by atomic mass is 19.3. The lowest BCUT2D eigenvalue weighted by Crippen LogP contribution is -2.52. The van der Waals surface area contributed by atoms with Crippen molar-refractivity contribution in [3.05, 3.63) is 70.8 Å². The molecule has 2 aromatic rings. The molecule has 3 rings (SSSR count). The van der Waals surface area contributed by atoms with E-state index in [0.717, 1.165) is 11.0 Å². The van der Waals surface area contributed by atoms with Gasteiger partial charge < -0.3 is 5.73 Å². The Morgan fingerprint density at radius 3 is 2.34 bits per heavy atom. The van der Waals surface area contributed by atoms with Gasteiger partial charge in [0.1, 0.15) is 17.2 Å². The van der Waals surface area contributed by atoms with E-state index in [-0.39, 0.29) is 23.5 Å². The number of amides is 1. The van der Waals surface area contributed by atoms with Crippen molar-refractivity contribution in [3.8, 4) is 0 Å². The van der Waals surface area contributed by atoms with Crippen LogP contribution >= 0.6 is 0 Å². The maximum absolute atomic E-state index is 14.6. The molecule has 0 spiro atoms. The third-order valence-corrected chi connectivity index (χ3v) is 5.42. The summed E-state index contributed by atoms with van der Waals surface area (Å²) in [7, 11) is 1.42. The SMILES string of the molecule is CCC(F)(F)c1ccc(C2C(=O)N(C)C(N)=NC2(C)c2ccc(F)cc2F)cc1. The van der Waals surface area contributed by atoms with Crippen molar-refractivity contribution in [1.29, 1.82) is 0 Å². The summed E-state index contributed by atoms with van der Waals surface area (Å²) in [6.07, 6.45) is -0.364. The highest BCUT2D eigenvalue weighted by Gasteiger charge is 2.48.